The van der Waals surface area contributed by atoms with Crippen molar-refractivity contribution in [3.8, 4) is 11.8 Å². The standard InChI is InChI=1S/C12H13BrN2O3/c1-12(2,7-13)8-18-11-4-3-9(6-14)5-10(11)15(16)17/h3-5H,7-8H2,1-2H3. The van der Waals surface area contributed by atoms with Crippen molar-refractivity contribution in [2.45, 2.75) is 13.8 Å². The molecule has 0 atom stereocenters. The Labute approximate surface area is 114 Å². The number of rotatable bonds is 5. The number of alkyl halides is 1. The highest BCUT2D eigenvalue weighted by Gasteiger charge is 2.21. The van der Waals surface area contributed by atoms with Gasteiger partial charge in [0.15, 0.2) is 5.75 Å². The largest absolute Gasteiger partial charge is 0.486 e. The summed E-state index contributed by atoms with van der Waals surface area (Å²) in [6, 6.07) is 6.05. The summed E-state index contributed by atoms with van der Waals surface area (Å²) in [7, 11) is 0. The molecule has 5 nitrogen and oxygen atoms in total. The minimum atomic E-state index is -0.544. The fraction of sp³-hybridized carbons (Fsp3) is 0.417. The maximum Gasteiger partial charge on any atom is 0.312 e. The van der Waals surface area contributed by atoms with E-state index in [1.54, 1.807) is 0 Å². The molecule has 0 fully saturated rings. The monoisotopic (exact) mass is 312 g/mol. The first-order valence-corrected chi connectivity index (χ1v) is 6.39. The normalized spacial score (nSPS) is 10.8. The van der Waals surface area contributed by atoms with E-state index >= 15 is 0 Å². The molecule has 0 bridgehead atoms. The second kappa shape index (κ2) is 5.83. The Bertz CT molecular complexity index is 495. The average molecular weight is 313 g/mol. The molecule has 0 aliphatic heterocycles. The molecule has 0 radical (unpaired) electrons. The number of hydrogen-bond acceptors (Lipinski definition) is 4. The number of ether oxygens (including phenoxy) is 1. The number of nitro groups is 1. The molecule has 0 aromatic heterocycles. The van der Waals surface area contributed by atoms with E-state index in [9.17, 15) is 10.1 Å². The second-order valence-electron chi connectivity index (χ2n) is 4.64. The Hall–Kier alpha value is -1.61. The van der Waals surface area contributed by atoms with Crippen molar-refractivity contribution in [3.63, 3.8) is 0 Å². The molecule has 1 aromatic rings. The van der Waals surface area contributed by atoms with Crippen molar-refractivity contribution in [1.82, 2.24) is 0 Å². The van der Waals surface area contributed by atoms with Crippen LogP contribution in [0.25, 0.3) is 0 Å². The Morgan fingerprint density at radius 3 is 2.72 bits per heavy atom. The number of nitriles is 1. The van der Waals surface area contributed by atoms with Crippen LogP contribution < -0.4 is 4.74 Å². The van der Waals surface area contributed by atoms with Gasteiger partial charge in [-0.05, 0) is 12.1 Å². The van der Waals surface area contributed by atoms with Gasteiger partial charge in [0, 0.05) is 16.8 Å². The third-order valence-corrected chi connectivity index (χ3v) is 3.78. The van der Waals surface area contributed by atoms with Crippen molar-refractivity contribution in [2.24, 2.45) is 5.41 Å². The number of nitro benzene ring substituents is 1. The van der Waals surface area contributed by atoms with Crippen LogP contribution in [0.4, 0.5) is 5.69 Å². The van der Waals surface area contributed by atoms with E-state index in [1.165, 1.54) is 18.2 Å². The first-order valence-electron chi connectivity index (χ1n) is 5.27. The lowest BCUT2D eigenvalue weighted by Gasteiger charge is -2.21. The third kappa shape index (κ3) is 3.70. The molecule has 96 valence electrons. The Kier molecular flexibility index (Phi) is 4.68. The van der Waals surface area contributed by atoms with Gasteiger partial charge in [-0.25, -0.2) is 0 Å². The van der Waals surface area contributed by atoms with Crippen LogP contribution in [0, 0.1) is 26.9 Å². The zero-order chi connectivity index (χ0) is 13.8. The second-order valence-corrected chi connectivity index (χ2v) is 5.20. The van der Waals surface area contributed by atoms with E-state index in [0.29, 0.717) is 6.61 Å². The van der Waals surface area contributed by atoms with Crippen LogP contribution in [0.3, 0.4) is 0 Å². The van der Waals surface area contributed by atoms with E-state index < -0.39 is 4.92 Å². The van der Waals surface area contributed by atoms with Gasteiger partial charge in [-0.3, -0.25) is 10.1 Å². The summed E-state index contributed by atoms with van der Waals surface area (Å²) < 4.78 is 5.47. The molecule has 0 amide bonds. The van der Waals surface area contributed by atoms with Crippen LogP contribution >= 0.6 is 15.9 Å². The zero-order valence-electron chi connectivity index (χ0n) is 10.1. The molecular formula is C12H13BrN2O3. The van der Waals surface area contributed by atoms with Crippen LogP contribution in [-0.2, 0) is 0 Å². The van der Waals surface area contributed by atoms with Crippen LogP contribution in [0.5, 0.6) is 5.75 Å². The molecule has 1 aromatic carbocycles. The van der Waals surface area contributed by atoms with Gasteiger partial charge < -0.3 is 4.74 Å². The fourth-order valence-corrected chi connectivity index (χ4v) is 1.33. The molecule has 18 heavy (non-hydrogen) atoms. The van der Waals surface area contributed by atoms with E-state index in [2.05, 4.69) is 15.9 Å². The first kappa shape index (κ1) is 14.5. The predicted molar refractivity (Wildman–Crippen MR) is 70.9 cm³/mol. The molecule has 0 heterocycles. The number of nitrogens with zero attached hydrogens (tertiary/aromatic N) is 2. The lowest BCUT2D eigenvalue weighted by Crippen LogP contribution is -2.23. The maximum absolute atomic E-state index is 10.9. The number of hydrogen-bond donors (Lipinski definition) is 0. The van der Waals surface area contributed by atoms with Crippen LogP contribution in [0.15, 0.2) is 18.2 Å². The topological polar surface area (TPSA) is 76.2 Å². The molecule has 0 saturated heterocycles. The smallest absolute Gasteiger partial charge is 0.312 e. The van der Waals surface area contributed by atoms with Gasteiger partial charge in [-0.1, -0.05) is 29.8 Å². The minimum Gasteiger partial charge on any atom is -0.486 e. The van der Waals surface area contributed by atoms with Gasteiger partial charge in [0.1, 0.15) is 0 Å². The average Bonchev–Trinajstić information content (AvgIpc) is 2.36. The van der Waals surface area contributed by atoms with Crippen molar-refractivity contribution in [2.75, 3.05) is 11.9 Å². The highest BCUT2D eigenvalue weighted by atomic mass is 79.9. The summed E-state index contributed by atoms with van der Waals surface area (Å²) in [5.74, 6) is 0.188. The molecule has 0 spiro atoms. The number of halogens is 1. The van der Waals surface area contributed by atoms with Gasteiger partial charge >= 0.3 is 5.69 Å². The number of benzene rings is 1. The molecule has 1 rings (SSSR count). The molecule has 0 aliphatic rings. The summed E-state index contributed by atoms with van der Waals surface area (Å²) in [5.41, 5.74) is -0.0601. The minimum absolute atomic E-state index is 0.123. The molecular weight excluding hydrogens is 300 g/mol. The summed E-state index contributed by atoms with van der Waals surface area (Å²) >= 11 is 3.36. The lowest BCUT2D eigenvalue weighted by atomic mass is 9.98. The van der Waals surface area contributed by atoms with Gasteiger partial charge in [-0.15, -0.1) is 0 Å². The van der Waals surface area contributed by atoms with E-state index in [1.807, 2.05) is 19.9 Å². The van der Waals surface area contributed by atoms with Gasteiger partial charge in [-0.2, -0.15) is 5.26 Å². The highest BCUT2D eigenvalue weighted by Crippen LogP contribution is 2.29. The highest BCUT2D eigenvalue weighted by molar-refractivity contribution is 9.09. The van der Waals surface area contributed by atoms with E-state index in [-0.39, 0.29) is 22.4 Å². The van der Waals surface area contributed by atoms with Crippen molar-refractivity contribution < 1.29 is 9.66 Å². The zero-order valence-corrected chi connectivity index (χ0v) is 11.7. The summed E-state index contributed by atoms with van der Waals surface area (Å²) in [6.45, 7) is 4.32. The quantitative estimate of drug-likeness (QED) is 0.475. The summed E-state index contributed by atoms with van der Waals surface area (Å²) in [4.78, 5) is 10.3. The third-order valence-electron chi connectivity index (χ3n) is 2.26. The summed E-state index contributed by atoms with van der Waals surface area (Å²) in [6.07, 6.45) is 0. The Morgan fingerprint density at radius 2 is 2.22 bits per heavy atom. The molecule has 0 unspecified atom stereocenters. The van der Waals surface area contributed by atoms with Crippen molar-refractivity contribution >= 4 is 21.6 Å². The predicted octanol–water partition coefficient (Wildman–Crippen LogP) is 3.27. The van der Waals surface area contributed by atoms with E-state index in [0.717, 1.165) is 5.33 Å². The van der Waals surface area contributed by atoms with Crippen LogP contribution in [-0.4, -0.2) is 16.9 Å². The van der Waals surface area contributed by atoms with Crippen molar-refractivity contribution in [1.29, 1.82) is 5.26 Å². The molecule has 0 aliphatic carbocycles. The van der Waals surface area contributed by atoms with E-state index in [4.69, 9.17) is 10.00 Å². The Balaban J connectivity index is 2.96. The van der Waals surface area contributed by atoms with Crippen LogP contribution in [0.2, 0.25) is 0 Å². The Morgan fingerprint density at radius 1 is 1.56 bits per heavy atom. The summed E-state index contributed by atoms with van der Waals surface area (Å²) in [5, 5.41) is 20.3. The maximum atomic E-state index is 10.9. The molecule has 6 heteroatoms. The molecule has 0 N–H and O–H groups in total. The first-order chi connectivity index (χ1) is 8.39. The molecule has 0 saturated carbocycles. The SMILES string of the molecule is CC(C)(CBr)COc1ccc(C#N)cc1[N+](=O)[O-]. The fourth-order valence-electron chi connectivity index (χ4n) is 1.16. The van der Waals surface area contributed by atoms with Gasteiger partial charge in [0.05, 0.1) is 23.2 Å². The van der Waals surface area contributed by atoms with Gasteiger partial charge in [0.25, 0.3) is 0 Å². The van der Waals surface area contributed by atoms with Crippen molar-refractivity contribution in [3.05, 3.63) is 33.9 Å². The van der Waals surface area contributed by atoms with Gasteiger partial charge in [0.2, 0.25) is 0 Å². The lowest BCUT2D eigenvalue weighted by molar-refractivity contribution is -0.386. The van der Waals surface area contributed by atoms with Crippen LogP contribution in [0.1, 0.15) is 19.4 Å².